The van der Waals surface area contributed by atoms with Crippen molar-refractivity contribution in [1.29, 1.82) is 0 Å². The summed E-state index contributed by atoms with van der Waals surface area (Å²) in [5.74, 6) is -0.0685. The Morgan fingerprint density at radius 3 is 2.73 bits per heavy atom. The van der Waals surface area contributed by atoms with E-state index in [-0.39, 0.29) is 13.2 Å². The van der Waals surface area contributed by atoms with Gasteiger partial charge in [-0.15, -0.1) is 0 Å². The number of carboxylic acids is 1. The van der Waals surface area contributed by atoms with E-state index in [0.717, 1.165) is 0 Å². The molecule has 1 unspecified atom stereocenters. The van der Waals surface area contributed by atoms with Crippen LogP contribution in [0.25, 0.3) is 0 Å². The lowest BCUT2D eigenvalue weighted by atomic mass is 10.0. The fraction of sp³-hybridized carbons (Fsp3) is 0.467. The summed E-state index contributed by atoms with van der Waals surface area (Å²) in [7, 11) is 0. The summed E-state index contributed by atoms with van der Waals surface area (Å²) in [6.45, 7) is 5.22. The number of ether oxygens (including phenoxy) is 3. The van der Waals surface area contributed by atoms with Gasteiger partial charge in [0.05, 0.1) is 0 Å². The Morgan fingerprint density at radius 2 is 2.09 bits per heavy atom. The minimum atomic E-state index is -1.15. The van der Waals surface area contributed by atoms with E-state index in [0.29, 0.717) is 17.1 Å². The molecule has 1 aliphatic heterocycles. The van der Waals surface area contributed by atoms with Gasteiger partial charge in [-0.1, -0.05) is 12.1 Å². The zero-order chi connectivity index (χ0) is 16.3. The summed E-state index contributed by atoms with van der Waals surface area (Å²) in [6.07, 6.45) is -0.703. The number of amides is 1. The minimum Gasteiger partial charge on any atom is -0.480 e. The number of para-hydroxylation sites is 1. The van der Waals surface area contributed by atoms with Crippen molar-refractivity contribution in [3.05, 3.63) is 23.8 Å². The van der Waals surface area contributed by atoms with E-state index in [1.54, 1.807) is 39.0 Å². The van der Waals surface area contributed by atoms with E-state index >= 15 is 0 Å². The SMILES string of the molecule is CC(C)(C)OC(=O)NC(Cc1cccc2c1OCO2)C(=O)O. The number of rotatable bonds is 4. The minimum absolute atomic E-state index is 0.0705. The number of benzene rings is 1. The summed E-state index contributed by atoms with van der Waals surface area (Å²) < 4.78 is 15.7. The molecule has 0 radical (unpaired) electrons. The van der Waals surface area contributed by atoms with Crippen LogP contribution in [0.1, 0.15) is 26.3 Å². The Kier molecular flexibility index (Phi) is 4.44. The number of hydrogen-bond donors (Lipinski definition) is 2. The van der Waals surface area contributed by atoms with Gasteiger partial charge in [0.25, 0.3) is 0 Å². The molecule has 0 aliphatic carbocycles. The zero-order valence-electron chi connectivity index (χ0n) is 12.7. The predicted molar refractivity (Wildman–Crippen MR) is 77.1 cm³/mol. The fourth-order valence-corrected chi connectivity index (χ4v) is 2.02. The molecule has 0 saturated heterocycles. The first-order valence-electron chi connectivity index (χ1n) is 6.86. The van der Waals surface area contributed by atoms with Crippen LogP contribution in [0.3, 0.4) is 0 Å². The van der Waals surface area contributed by atoms with E-state index < -0.39 is 23.7 Å². The number of carbonyl (C=O) groups excluding carboxylic acids is 1. The Morgan fingerprint density at radius 1 is 1.36 bits per heavy atom. The average molecular weight is 309 g/mol. The molecule has 0 spiro atoms. The topological polar surface area (TPSA) is 94.1 Å². The molecule has 0 aromatic heterocycles. The monoisotopic (exact) mass is 309 g/mol. The van der Waals surface area contributed by atoms with Gasteiger partial charge in [0, 0.05) is 12.0 Å². The lowest BCUT2D eigenvalue weighted by Crippen LogP contribution is -2.44. The molecule has 1 aromatic carbocycles. The maximum atomic E-state index is 11.7. The van der Waals surface area contributed by atoms with Crippen LogP contribution in [0.15, 0.2) is 18.2 Å². The Labute approximate surface area is 128 Å². The second-order valence-corrected chi connectivity index (χ2v) is 5.89. The highest BCUT2D eigenvalue weighted by Crippen LogP contribution is 2.35. The molecule has 22 heavy (non-hydrogen) atoms. The number of hydrogen-bond acceptors (Lipinski definition) is 5. The molecule has 1 aromatic rings. The van der Waals surface area contributed by atoms with Gasteiger partial charge in [0.15, 0.2) is 11.5 Å². The standard InChI is InChI=1S/C15H19NO6/c1-15(2,3)22-14(19)16-10(13(17)18)7-9-5-4-6-11-12(9)21-8-20-11/h4-6,10H,7-8H2,1-3H3,(H,16,19)(H,17,18). The molecule has 1 heterocycles. The predicted octanol–water partition coefficient (Wildman–Crippen LogP) is 1.94. The normalized spacial score (nSPS) is 14.3. The van der Waals surface area contributed by atoms with Gasteiger partial charge < -0.3 is 24.6 Å². The molecule has 2 N–H and O–H groups in total. The van der Waals surface area contributed by atoms with Crippen molar-refractivity contribution < 1.29 is 28.9 Å². The van der Waals surface area contributed by atoms with Gasteiger partial charge >= 0.3 is 12.1 Å². The molecule has 1 aliphatic rings. The molecule has 1 atom stereocenters. The lowest BCUT2D eigenvalue weighted by Gasteiger charge is -2.22. The first-order valence-corrected chi connectivity index (χ1v) is 6.86. The van der Waals surface area contributed by atoms with Crippen LogP contribution in [0.4, 0.5) is 4.79 Å². The van der Waals surface area contributed by atoms with Crippen molar-refractivity contribution in [3.8, 4) is 11.5 Å². The van der Waals surface area contributed by atoms with Crippen molar-refractivity contribution in [3.63, 3.8) is 0 Å². The second-order valence-electron chi connectivity index (χ2n) is 5.89. The largest absolute Gasteiger partial charge is 0.480 e. The van der Waals surface area contributed by atoms with Crippen LogP contribution < -0.4 is 14.8 Å². The molecule has 2 rings (SSSR count). The van der Waals surface area contributed by atoms with Gasteiger partial charge in [0.2, 0.25) is 6.79 Å². The molecule has 7 nitrogen and oxygen atoms in total. The van der Waals surface area contributed by atoms with Gasteiger partial charge in [-0.05, 0) is 26.8 Å². The fourth-order valence-electron chi connectivity index (χ4n) is 2.02. The zero-order valence-corrected chi connectivity index (χ0v) is 12.7. The summed E-state index contributed by atoms with van der Waals surface area (Å²) in [5.41, 5.74) is -0.0450. The maximum absolute atomic E-state index is 11.7. The average Bonchev–Trinajstić information content (AvgIpc) is 2.84. The van der Waals surface area contributed by atoms with E-state index in [2.05, 4.69) is 5.32 Å². The highest BCUT2D eigenvalue weighted by atomic mass is 16.7. The van der Waals surface area contributed by atoms with E-state index in [4.69, 9.17) is 14.2 Å². The summed E-state index contributed by atoms with van der Waals surface area (Å²) in [5, 5.41) is 11.6. The maximum Gasteiger partial charge on any atom is 0.408 e. The Hall–Kier alpha value is -2.44. The number of alkyl carbamates (subject to hydrolysis) is 1. The van der Waals surface area contributed by atoms with Crippen molar-refractivity contribution in [2.75, 3.05) is 6.79 Å². The molecule has 0 bridgehead atoms. The highest BCUT2D eigenvalue weighted by molar-refractivity contribution is 5.80. The van der Waals surface area contributed by atoms with Crippen molar-refractivity contribution >= 4 is 12.1 Å². The number of fused-ring (bicyclic) bond motifs is 1. The van der Waals surface area contributed by atoms with Gasteiger partial charge in [0.1, 0.15) is 11.6 Å². The van der Waals surface area contributed by atoms with E-state index in [1.165, 1.54) is 0 Å². The summed E-state index contributed by atoms with van der Waals surface area (Å²) in [4.78, 5) is 23.1. The Balaban J connectivity index is 2.09. The molecule has 0 fully saturated rings. The number of aliphatic carboxylic acids is 1. The smallest absolute Gasteiger partial charge is 0.408 e. The van der Waals surface area contributed by atoms with E-state index in [1.807, 2.05) is 0 Å². The molecule has 1 amide bonds. The van der Waals surface area contributed by atoms with Gasteiger partial charge in [-0.3, -0.25) is 0 Å². The Bertz CT molecular complexity index is 578. The number of carbonyl (C=O) groups is 2. The van der Waals surface area contributed by atoms with Gasteiger partial charge in [-0.2, -0.15) is 0 Å². The quantitative estimate of drug-likeness (QED) is 0.882. The third-order valence-electron chi connectivity index (χ3n) is 2.89. The second kappa shape index (κ2) is 6.13. The van der Waals surface area contributed by atoms with Crippen LogP contribution in [-0.2, 0) is 16.0 Å². The highest BCUT2D eigenvalue weighted by Gasteiger charge is 2.27. The number of carboxylic acid groups (broad SMARTS) is 1. The number of nitrogens with one attached hydrogen (secondary N) is 1. The van der Waals surface area contributed by atoms with E-state index in [9.17, 15) is 14.7 Å². The molecular weight excluding hydrogens is 290 g/mol. The molecular formula is C15H19NO6. The molecule has 0 saturated carbocycles. The third kappa shape index (κ3) is 4.03. The third-order valence-corrected chi connectivity index (χ3v) is 2.89. The van der Waals surface area contributed by atoms with Crippen LogP contribution in [0, 0.1) is 0 Å². The van der Waals surface area contributed by atoms with Crippen LogP contribution in [-0.4, -0.2) is 35.6 Å². The molecule has 120 valence electrons. The molecule has 7 heteroatoms. The van der Waals surface area contributed by atoms with Gasteiger partial charge in [-0.25, -0.2) is 9.59 Å². The summed E-state index contributed by atoms with van der Waals surface area (Å²) in [6, 6.07) is 4.10. The van der Waals surface area contributed by atoms with Crippen LogP contribution in [0.5, 0.6) is 11.5 Å². The van der Waals surface area contributed by atoms with Crippen LogP contribution >= 0.6 is 0 Å². The van der Waals surface area contributed by atoms with Crippen molar-refractivity contribution in [2.45, 2.75) is 38.8 Å². The lowest BCUT2D eigenvalue weighted by molar-refractivity contribution is -0.139. The van der Waals surface area contributed by atoms with Crippen molar-refractivity contribution in [1.82, 2.24) is 5.32 Å². The van der Waals surface area contributed by atoms with Crippen LogP contribution in [0.2, 0.25) is 0 Å². The van der Waals surface area contributed by atoms with Crippen molar-refractivity contribution in [2.24, 2.45) is 0 Å². The summed E-state index contributed by atoms with van der Waals surface area (Å²) >= 11 is 0. The first kappa shape index (κ1) is 15.9. The first-order chi connectivity index (χ1) is 10.3.